The molecule has 1 heterocycles. The number of thiophene rings is 1. The lowest BCUT2D eigenvalue weighted by atomic mass is 10.0. The van der Waals surface area contributed by atoms with E-state index in [9.17, 15) is 4.39 Å². The van der Waals surface area contributed by atoms with Gasteiger partial charge in [-0.3, -0.25) is 0 Å². The van der Waals surface area contributed by atoms with Gasteiger partial charge in [0.05, 0.1) is 0 Å². The Kier molecular flexibility index (Phi) is 5.57. The van der Waals surface area contributed by atoms with Gasteiger partial charge >= 0.3 is 0 Å². The third-order valence-electron chi connectivity index (χ3n) is 2.82. The molecule has 0 aliphatic heterocycles. The number of halogens is 3. The summed E-state index contributed by atoms with van der Waals surface area (Å²) in [6, 6.07) is 7.25. The average Bonchev–Trinajstić information content (AvgIpc) is 2.78. The Hall–Kier alpha value is -0.230. The number of rotatable bonds is 5. The molecule has 1 N–H and O–H groups in total. The maximum absolute atomic E-state index is 13.1. The summed E-state index contributed by atoms with van der Waals surface area (Å²) < 4.78 is 15.0. The minimum atomic E-state index is -0.213. The highest BCUT2D eigenvalue weighted by molar-refractivity contribution is 9.10. The van der Waals surface area contributed by atoms with Gasteiger partial charge < -0.3 is 5.32 Å². The van der Waals surface area contributed by atoms with Crippen molar-refractivity contribution in [3.63, 3.8) is 0 Å². The number of nitrogens with one attached hydrogen (secondary N) is 1. The molecular formula is C14H14Br2FNS. The first-order valence-electron chi connectivity index (χ1n) is 6.01. The van der Waals surface area contributed by atoms with Crippen LogP contribution >= 0.6 is 43.2 Å². The van der Waals surface area contributed by atoms with Crippen LogP contribution in [0.4, 0.5) is 4.39 Å². The molecule has 0 fully saturated rings. The summed E-state index contributed by atoms with van der Waals surface area (Å²) in [6.07, 6.45) is 0.835. The lowest BCUT2D eigenvalue weighted by Gasteiger charge is -2.17. The molecule has 0 radical (unpaired) electrons. The van der Waals surface area contributed by atoms with Crippen LogP contribution < -0.4 is 5.32 Å². The lowest BCUT2D eigenvalue weighted by molar-refractivity contribution is 0.555. The van der Waals surface area contributed by atoms with Gasteiger partial charge in [0.1, 0.15) is 5.82 Å². The Bertz CT molecular complexity index is 556. The van der Waals surface area contributed by atoms with Crippen LogP contribution in [0.2, 0.25) is 0 Å². The fraction of sp³-hybridized carbons (Fsp3) is 0.286. The molecule has 0 aliphatic rings. The highest BCUT2D eigenvalue weighted by Gasteiger charge is 2.15. The molecule has 5 heteroatoms. The summed E-state index contributed by atoms with van der Waals surface area (Å²) >= 11 is 8.64. The molecule has 0 saturated carbocycles. The average molecular weight is 407 g/mol. The van der Waals surface area contributed by atoms with E-state index < -0.39 is 0 Å². The Morgan fingerprint density at radius 1 is 1.32 bits per heavy atom. The third kappa shape index (κ3) is 4.12. The summed E-state index contributed by atoms with van der Waals surface area (Å²) in [7, 11) is 0. The Labute approximate surface area is 133 Å². The topological polar surface area (TPSA) is 12.0 Å². The van der Waals surface area contributed by atoms with E-state index in [4.69, 9.17) is 0 Å². The van der Waals surface area contributed by atoms with Crippen molar-refractivity contribution < 1.29 is 4.39 Å². The van der Waals surface area contributed by atoms with E-state index in [2.05, 4.69) is 55.5 Å². The van der Waals surface area contributed by atoms with Crippen LogP contribution in [0.15, 0.2) is 38.6 Å². The second kappa shape index (κ2) is 6.97. The van der Waals surface area contributed by atoms with Crippen molar-refractivity contribution in [1.82, 2.24) is 5.32 Å². The summed E-state index contributed by atoms with van der Waals surface area (Å²) in [4.78, 5) is 1.28. The summed E-state index contributed by atoms with van der Waals surface area (Å²) in [5.74, 6) is -0.213. The van der Waals surface area contributed by atoms with E-state index >= 15 is 0 Å². The van der Waals surface area contributed by atoms with Crippen molar-refractivity contribution in [1.29, 1.82) is 0 Å². The molecule has 2 rings (SSSR count). The molecule has 0 bridgehead atoms. The minimum absolute atomic E-state index is 0.213. The molecule has 19 heavy (non-hydrogen) atoms. The Balaban J connectivity index is 2.21. The van der Waals surface area contributed by atoms with Crippen molar-refractivity contribution in [2.24, 2.45) is 0 Å². The first-order chi connectivity index (χ1) is 9.10. The standard InChI is InChI=1S/C14H14Br2FNS/c1-2-18-13(14-6-10(15)8-19-14)5-9-3-4-11(17)7-12(9)16/h3-4,6-8,13,18H,2,5H2,1H3. The van der Waals surface area contributed by atoms with E-state index in [-0.39, 0.29) is 11.9 Å². The first kappa shape index (κ1) is 15.2. The van der Waals surface area contributed by atoms with Crippen LogP contribution in [0.5, 0.6) is 0 Å². The van der Waals surface area contributed by atoms with E-state index in [1.807, 2.05) is 6.07 Å². The highest BCUT2D eigenvalue weighted by atomic mass is 79.9. The third-order valence-corrected chi connectivity index (χ3v) is 5.37. The number of benzene rings is 1. The van der Waals surface area contributed by atoms with Gasteiger partial charge in [0.2, 0.25) is 0 Å². The predicted octanol–water partition coefficient (Wildman–Crippen LogP) is 5.31. The number of hydrogen-bond acceptors (Lipinski definition) is 2. The molecule has 1 atom stereocenters. The first-order valence-corrected chi connectivity index (χ1v) is 8.48. The normalized spacial score (nSPS) is 12.6. The number of likely N-dealkylation sites (N-methyl/N-ethyl adjacent to an activating group) is 1. The van der Waals surface area contributed by atoms with E-state index in [1.165, 1.54) is 17.0 Å². The van der Waals surface area contributed by atoms with Gasteiger partial charge in [0.25, 0.3) is 0 Å². The van der Waals surface area contributed by atoms with Crippen LogP contribution in [-0.2, 0) is 6.42 Å². The van der Waals surface area contributed by atoms with E-state index in [1.54, 1.807) is 11.3 Å². The number of hydrogen-bond donors (Lipinski definition) is 1. The largest absolute Gasteiger partial charge is 0.309 e. The second-order valence-electron chi connectivity index (χ2n) is 4.22. The zero-order valence-corrected chi connectivity index (χ0v) is 14.4. The second-order valence-corrected chi connectivity index (χ2v) is 6.93. The Morgan fingerprint density at radius 3 is 2.68 bits per heavy atom. The summed E-state index contributed by atoms with van der Waals surface area (Å²) in [5.41, 5.74) is 1.11. The lowest BCUT2D eigenvalue weighted by Crippen LogP contribution is -2.22. The van der Waals surface area contributed by atoms with Gasteiger partial charge in [-0.1, -0.05) is 28.9 Å². The zero-order valence-electron chi connectivity index (χ0n) is 10.4. The minimum Gasteiger partial charge on any atom is -0.309 e. The van der Waals surface area contributed by atoms with Gasteiger partial charge in [-0.15, -0.1) is 11.3 Å². The van der Waals surface area contributed by atoms with Crippen LogP contribution in [0.1, 0.15) is 23.4 Å². The molecule has 1 unspecified atom stereocenters. The molecule has 0 saturated heterocycles. The maximum Gasteiger partial charge on any atom is 0.124 e. The van der Waals surface area contributed by atoms with Crippen molar-refractivity contribution in [3.05, 3.63) is 54.8 Å². The molecule has 0 spiro atoms. The molecule has 1 nitrogen and oxygen atoms in total. The SMILES string of the molecule is CCNC(Cc1ccc(F)cc1Br)c1cc(Br)cs1. The van der Waals surface area contributed by atoms with E-state index in [0.717, 1.165) is 27.5 Å². The van der Waals surface area contributed by atoms with Crippen molar-refractivity contribution in [3.8, 4) is 0 Å². The maximum atomic E-state index is 13.1. The van der Waals surface area contributed by atoms with Crippen LogP contribution in [0.3, 0.4) is 0 Å². The van der Waals surface area contributed by atoms with Crippen molar-refractivity contribution in [2.75, 3.05) is 6.54 Å². The van der Waals surface area contributed by atoms with Crippen LogP contribution in [-0.4, -0.2) is 6.54 Å². The quantitative estimate of drug-likeness (QED) is 0.709. The summed E-state index contributed by atoms with van der Waals surface area (Å²) in [5, 5.41) is 5.56. The molecule has 0 amide bonds. The molecule has 0 aliphatic carbocycles. The van der Waals surface area contributed by atoms with Gasteiger partial charge in [0.15, 0.2) is 0 Å². The summed E-state index contributed by atoms with van der Waals surface area (Å²) in [6.45, 7) is 2.99. The molecular weight excluding hydrogens is 393 g/mol. The smallest absolute Gasteiger partial charge is 0.124 e. The zero-order chi connectivity index (χ0) is 13.8. The van der Waals surface area contributed by atoms with Gasteiger partial charge in [0, 0.05) is 25.2 Å². The highest BCUT2D eigenvalue weighted by Crippen LogP contribution is 2.30. The fourth-order valence-electron chi connectivity index (χ4n) is 1.94. The van der Waals surface area contributed by atoms with Crippen molar-refractivity contribution in [2.45, 2.75) is 19.4 Å². The fourth-order valence-corrected chi connectivity index (χ4v) is 3.97. The van der Waals surface area contributed by atoms with Crippen molar-refractivity contribution >= 4 is 43.2 Å². The molecule has 102 valence electrons. The molecule has 2 aromatic rings. The van der Waals surface area contributed by atoms with Gasteiger partial charge in [-0.05, 0) is 52.7 Å². The van der Waals surface area contributed by atoms with E-state index in [0.29, 0.717) is 0 Å². The van der Waals surface area contributed by atoms with Crippen LogP contribution in [0.25, 0.3) is 0 Å². The molecule has 1 aromatic carbocycles. The Morgan fingerprint density at radius 2 is 2.11 bits per heavy atom. The predicted molar refractivity (Wildman–Crippen MR) is 86.2 cm³/mol. The van der Waals surface area contributed by atoms with Gasteiger partial charge in [-0.2, -0.15) is 0 Å². The van der Waals surface area contributed by atoms with Gasteiger partial charge in [-0.25, -0.2) is 4.39 Å². The monoisotopic (exact) mass is 405 g/mol. The van der Waals surface area contributed by atoms with Crippen LogP contribution in [0, 0.1) is 5.82 Å². The molecule has 1 aromatic heterocycles.